The fourth-order valence-electron chi connectivity index (χ4n) is 1.34. The molecule has 1 nitrogen and oxygen atoms in total. The quantitative estimate of drug-likeness (QED) is 0.620. The van der Waals surface area contributed by atoms with Gasteiger partial charge in [-0.1, -0.05) is 50.7 Å². The van der Waals surface area contributed by atoms with Gasteiger partial charge in [-0.25, -0.2) is 0 Å². The molecule has 0 fully saturated rings. The lowest BCUT2D eigenvalue weighted by Crippen LogP contribution is -2.00. The van der Waals surface area contributed by atoms with E-state index in [1.54, 1.807) is 24.3 Å². The standard InChI is InChI=1S/C11H4BrCl3OS/c12-6-1-5(2-7(13)3-6)10(16)8-4-9(14)17-11(8)15/h1-4H. The molecule has 1 aromatic carbocycles. The van der Waals surface area contributed by atoms with Gasteiger partial charge < -0.3 is 0 Å². The van der Waals surface area contributed by atoms with E-state index in [2.05, 4.69) is 15.9 Å². The molecule has 0 spiro atoms. The first kappa shape index (κ1) is 13.4. The van der Waals surface area contributed by atoms with Crippen LogP contribution in [-0.4, -0.2) is 5.78 Å². The molecule has 2 rings (SSSR count). The van der Waals surface area contributed by atoms with Crippen molar-refractivity contribution in [1.82, 2.24) is 0 Å². The van der Waals surface area contributed by atoms with E-state index in [9.17, 15) is 4.79 Å². The summed E-state index contributed by atoms with van der Waals surface area (Å²) in [7, 11) is 0. The van der Waals surface area contributed by atoms with E-state index in [4.69, 9.17) is 34.8 Å². The number of carbonyl (C=O) groups excluding carboxylic acids is 1. The normalized spacial score (nSPS) is 10.6. The van der Waals surface area contributed by atoms with E-state index in [1.807, 2.05) is 0 Å². The Bertz CT molecular complexity index is 574. The van der Waals surface area contributed by atoms with Crippen molar-refractivity contribution in [3.8, 4) is 0 Å². The number of hydrogen-bond donors (Lipinski definition) is 0. The predicted octanol–water partition coefficient (Wildman–Crippen LogP) is 5.70. The molecule has 88 valence electrons. The third kappa shape index (κ3) is 3.04. The van der Waals surface area contributed by atoms with Crippen LogP contribution in [0.25, 0.3) is 0 Å². The fourth-order valence-corrected chi connectivity index (χ4v) is 3.65. The summed E-state index contributed by atoms with van der Waals surface area (Å²) >= 11 is 22.1. The van der Waals surface area contributed by atoms with Gasteiger partial charge in [-0.2, -0.15) is 0 Å². The van der Waals surface area contributed by atoms with Crippen molar-refractivity contribution in [2.24, 2.45) is 0 Å². The van der Waals surface area contributed by atoms with E-state index < -0.39 is 0 Å². The number of rotatable bonds is 2. The lowest BCUT2D eigenvalue weighted by Gasteiger charge is -2.01. The second-order valence-electron chi connectivity index (χ2n) is 3.23. The van der Waals surface area contributed by atoms with Crippen LogP contribution in [0.2, 0.25) is 13.7 Å². The van der Waals surface area contributed by atoms with Gasteiger partial charge >= 0.3 is 0 Å². The summed E-state index contributed by atoms with van der Waals surface area (Å²) in [6.07, 6.45) is 0. The zero-order valence-corrected chi connectivity index (χ0v) is 12.8. The summed E-state index contributed by atoms with van der Waals surface area (Å²) in [5.41, 5.74) is 0.872. The Morgan fingerprint density at radius 2 is 1.82 bits per heavy atom. The molecule has 0 unspecified atom stereocenters. The van der Waals surface area contributed by atoms with E-state index in [1.165, 1.54) is 11.3 Å². The molecule has 0 saturated heterocycles. The van der Waals surface area contributed by atoms with Gasteiger partial charge in [0.25, 0.3) is 0 Å². The van der Waals surface area contributed by atoms with Gasteiger partial charge in [-0.05, 0) is 24.3 Å². The van der Waals surface area contributed by atoms with Crippen molar-refractivity contribution in [3.63, 3.8) is 0 Å². The van der Waals surface area contributed by atoms with Crippen LogP contribution in [0.1, 0.15) is 15.9 Å². The summed E-state index contributed by atoms with van der Waals surface area (Å²) < 4.78 is 1.61. The molecule has 1 aromatic heterocycles. The molecule has 1 heterocycles. The minimum atomic E-state index is -0.193. The van der Waals surface area contributed by atoms with E-state index in [0.29, 0.717) is 24.8 Å². The average molecular weight is 370 g/mol. The molecule has 0 aliphatic rings. The molecular weight excluding hydrogens is 366 g/mol. The average Bonchev–Trinajstić information content (AvgIpc) is 2.55. The predicted molar refractivity (Wildman–Crippen MR) is 76.9 cm³/mol. The Labute approximate surface area is 125 Å². The Morgan fingerprint density at radius 3 is 2.35 bits per heavy atom. The zero-order chi connectivity index (χ0) is 12.6. The van der Waals surface area contributed by atoms with Gasteiger partial charge in [0.1, 0.15) is 4.34 Å². The second-order valence-corrected chi connectivity index (χ2v) is 6.86. The van der Waals surface area contributed by atoms with E-state index in [0.717, 1.165) is 4.47 Å². The van der Waals surface area contributed by atoms with Crippen LogP contribution >= 0.6 is 62.1 Å². The van der Waals surface area contributed by atoms with Crippen LogP contribution in [0.15, 0.2) is 28.7 Å². The van der Waals surface area contributed by atoms with E-state index in [-0.39, 0.29) is 5.78 Å². The van der Waals surface area contributed by atoms with Crippen LogP contribution in [0, 0.1) is 0 Å². The van der Waals surface area contributed by atoms with Crippen molar-refractivity contribution in [2.75, 3.05) is 0 Å². The molecule has 6 heteroatoms. The smallest absolute Gasteiger partial charge is 0.195 e. The van der Waals surface area contributed by atoms with Crippen LogP contribution in [0.5, 0.6) is 0 Å². The lowest BCUT2D eigenvalue weighted by molar-refractivity contribution is 0.103. The number of hydrogen-bond acceptors (Lipinski definition) is 2. The van der Waals surface area contributed by atoms with Crippen molar-refractivity contribution in [2.45, 2.75) is 0 Å². The molecule has 0 N–H and O–H groups in total. The molecule has 0 aliphatic heterocycles. The van der Waals surface area contributed by atoms with Gasteiger partial charge in [-0.3, -0.25) is 4.79 Å². The molecular formula is C11H4BrCl3OS. The molecule has 0 saturated carbocycles. The van der Waals surface area contributed by atoms with Gasteiger partial charge in [0.05, 0.1) is 9.90 Å². The van der Waals surface area contributed by atoms with Crippen molar-refractivity contribution < 1.29 is 4.79 Å². The maximum absolute atomic E-state index is 12.2. The third-order valence-corrected chi connectivity index (χ3v) is 4.19. The number of halogens is 4. The molecule has 0 aliphatic carbocycles. The summed E-state index contributed by atoms with van der Waals surface area (Å²) in [4.78, 5) is 12.2. The minimum absolute atomic E-state index is 0.193. The number of carbonyl (C=O) groups is 1. The molecule has 17 heavy (non-hydrogen) atoms. The maximum atomic E-state index is 12.2. The molecule has 0 radical (unpaired) electrons. The van der Waals surface area contributed by atoms with Crippen LogP contribution in [0.3, 0.4) is 0 Å². The largest absolute Gasteiger partial charge is 0.289 e. The first-order valence-corrected chi connectivity index (χ1v) is 7.17. The highest BCUT2D eigenvalue weighted by Gasteiger charge is 2.16. The Balaban J connectivity index is 2.47. The molecule has 0 bridgehead atoms. The Morgan fingerprint density at radius 1 is 1.12 bits per heavy atom. The lowest BCUT2D eigenvalue weighted by atomic mass is 10.1. The first-order chi connectivity index (χ1) is 7.97. The summed E-state index contributed by atoms with van der Waals surface area (Å²) in [5, 5.41) is 0.486. The summed E-state index contributed by atoms with van der Waals surface area (Å²) in [5.74, 6) is -0.193. The van der Waals surface area contributed by atoms with Crippen molar-refractivity contribution in [1.29, 1.82) is 0 Å². The minimum Gasteiger partial charge on any atom is -0.289 e. The highest BCUT2D eigenvalue weighted by Crippen LogP contribution is 2.33. The zero-order valence-electron chi connectivity index (χ0n) is 8.14. The SMILES string of the molecule is O=C(c1cc(Cl)cc(Br)c1)c1cc(Cl)sc1Cl. The number of ketones is 1. The number of benzene rings is 1. The first-order valence-electron chi connectivity index (χ1n) is 4.43. The summed E-state index contributed by atoms with van der Waals surface area (Å²) in [6, 6.07) is 6.55. The van der Waals surface area contributed by atoms with Gasteiger partial charge in [0.15, 0.2) is 5.78 Å². The highest BCUT2D eigenvalue weighted by molar-refractivity contribution is 9.10. The third-order valence-electron chi connectivity index (χ3n) is 2.03. The number of thiophene rings is 1. The van der Waals surface area contributed by atoms with Crippen LogP contribution < -0.4 is 0 Å². The van der Waals surface area contributed by atoms with Gasteiger partial charge in [0.2, 0.25) is 0 Å². The molecule has 0 atom stereocenters. The summed E-state index contributed by atoms with van der Waals surface area (Å²) in [6.45, 7) is 0. The Kier molecular flexibility index (Phi) is 4.16. The van der Waals surface area contributed by atoms with Crippen LogP contribution in [0.4, 0.5) is 0 Å². The fraction of sp³-hybridized carbons (Fsp3) is 0. The molecule has 0 amide bonds. The molecule has 2 aromatic rings. The van der Waals surface area contributed by atoms with Crippen molar-refractivity contribution in [3.05, 3.63) is 53.6 Å². The maximum Gasteiger partial charge on any atom is 0.195 e. The van der Waals surface area contributed by atoms with Crippen LogP contribution in [-0.2, 0) is 0 Å². The highest BCUT2D eigenvalue weighted by atomic mass is 79.9. The monoisotopic (exact) mass is 368 g/mol. The second kappa shape index (κ2) is 5.29. The van der Waals surface area contributed by atoms with Gasteiger partial charge in [-0.15, -0.1) is 11.3 Å². The van der Waals surface area contributed by atoms with Gasteiger partial charge in [0, 0.05) is 15.1 Å². The van der Waals surface area contributed by atoms with Crippen molar-refractivity contribution >= 4 is 67.9 Å². The van der Waals surface area contributed by atoms with E-state index >= 15 is 0 Å². The topological polar surface area (TPSA) is 17.1 Å². The Hall–Kier alpha value is -0.0600.